The van der Waals surface area contributed by atoms with Crippen LogP contribution in [0.4, 0.5) is 0 Å². The van der Waals surface area contributed by atoms with Gasteiger partial charge in [0.1, 0.15) is 0 Å². The second kappa shape index (κ2) is 7.64. The van der Waals surface area contributed by atoms with Crippen LogP contribution in [0.1, 0.15) is 33.1 Å². The van der Waals surface area contributed by atoms with Crippen LogP contribution in [0, 0.1) is 5.41 Å². The van der Waals surface area contributed by atoms with Gasteiger partial charge in [-0.25, -0.2) is 0 Å². The van der Waals surface area contributed by atoms with E-state index in [9.17, 15) is 0 Å². The number of thioether (sulfide) groups is 1. The Morgan fingerprint density at radius 3 is 2.61 bits per heavy atom. The monoisotopic (exact) mass is 305 g/mol. The van der Waals surface area contributed by atoms with E-state index >= 15 is 0 Å². The third kappa shape index (κ3) is 5.83. The van der Waals surface area contributed by atoms with Crippen LogP contribution in [0.25, 0.3) is 0 Å². The van der Waals surface area contributed by atoms with Crippen LogP contribution in [0.3, 0.4) is 0 Å². The molecule has 0 bridgehead atoms. The second-order valence-corrected chi connectivity index (χ2v) is 7.23. The van der Waals surface area contributed by atoms with Crippen molar-refractivity contribution in [1.29, 1.82) is 0 Å². The predicted octanol–water partition coefficient (Wildman–Crippen LogP) is 5.24. The Hall–Kier alpha value is 0.110. The maximum Gasteiger partial charge on any atom is 0.0542 e. The molecule has 1 rings (SSSR count). The van der Waals surface area contributed by atoms with Crippen molar-refractivity contribution in [3.63, 3.8) is 0 Å². The van der Waals surface area contributed by atoms with Crippen LogP contribution in [-0.2, 0) is 0 Å². The summed E-state index contributed by atoms with van der Waals surface area (Å²) in [6.07, 6.45) is 3.56. The van der Waals surface area contributed by atoms with E-state index in [4.69, 9.17) is 28.9 Å². The molecule has 0 aliphatic rings. The summed E-state index contributed by atoms with van der Waals surface area (Å²) >= 11 is 13.8. The van der Waals surface area contributed by atoms with Crippen molar-refractivity contribution in [3.8, 4) is 0 Å². The minimum absolute atomic E-state index is 0.262. The van der Waals surface area contributed by atoms with Crippen molar-refractivity contribution in [2.45, 2.75) is 38.0 Å². The van der Waals surface area contributed by atoms with Crippen molar-refractivity contribution in [3.05, 3.63) is 28.2 Å². The fourth-order valence-corrected chi connectivity index (χ4v) is 3.08. The molecule has 1 aromatic carbocycles. The molecule has 0 saturated heterocycles. The van der Waals surface area contributed by atoms with Crippen molar-refractivity contribution in [2.75, 3.05) is 12.3 Å². The molecule has 0 unspecified atom stereocenters. The summed E-state index contributed by atoms with van der Waals surface area (Å²) in [5, 5.41) is 1.53. The SMILES string of the molecule is CC(C)(CN)CCCCSc1cc(Cl)ccc1Cl. The molecule has 18 heavy (non-hydrogen) atoms. The summed E-state index contributed by atoms with van der Waals surface area (Å²) in [6, 6.07) is 5.60. The Balaban J connectivity index is 2.28. The highest BCUT2D eigenvalue weighted by atomic mass is 35.5. The van der Waals surface area contributed by atoms with E-state index in [-0.39, 0.29) is 5.41 Å². The molecule has 0 spiro atoms. The van der Waals surface area contributed by atoms with Crippen LogP contribution in [-0.4, -0.2) is 12.3 Å². The van der Waals surface area contributed by atoms with Gasteiger partial charge in [0.05, 0.1) is 5.02 Å². The van der Waals surface area contributed by atoms with Crippen molar-refractivity contribution in [1.82, 2.24) is 0 Å². The van der Waals surface area contributed by atoms with E-state index in [1.807, 2.05) is 18.2 Å². The van der Waals surface area contributed by atoms with Crippen LogP contribution in [0.5, 0.6) is 0 Å². The van der Waals surface area contributed by atoms with E-state index in [1.54, 1.807) is 11.8 Å². The van der Waals surface area contributed by atoms with Crippen LogP contribution in [0.2, 0.25) is 10.0 Å². The Morgan fingerprint density at radius 1 is 1.22 bits per heavy atom. The average Bonchev–Trinajstić information content (AvgIpc) is 2.33. The molecule has 1 nitrogen and oxygen atoms in total. The number of hydrogen-bond donors (Lipinski definition) is 1. The highest BCUT2D eigenvalue weighted by molar-refractivity contribution is 7.99. The molecule has 1 aromatic rings. The minimum atomic E-state index is 0.262. The highest BCUT2D eigenvalue weighted by Gasteiger charge is 2.14. The first kappa shape index (κ1) is 16.2. The van der Waals surface area contributed by atoms with Crippen molar-refractivity contribution >= 4 is 35.0 Å². The van der Waals surface area contributed by atoms with Crippen molar-refractivity contribution < 1.29 is 0 Å². The molecule has 2 N–H and O–H groups in total. The summed E-state index contributed by atoms with van der Waals surface area (Å²) in [5.74, 6) is 1.07. The molecule has 0 fully saturated rings. The second-order valence-electron chi connectivity index (χ2n) is 5.25. The fourth-order valence-electron chi connectivity index (χ4n) is 1.58. The average molecular weight is 306 g/mol. The van der Waals surface area contributed by atoms with E-state index < -0.39 is 0 Å². The van der Waals surface area contributed by atoms with Gasteiger partial charge in [-0.05, 0) is 48.8 Å². The first-order valence-corrected chi connectivity index (χ1v) is 7.97. The zero-order valence-electron chi connectivity index (χ0n) is 11.0. The standard InChI is InChI=1S/C14H21Cl2NS/c1-14(2,10-17)7-3-4-8-18-13-9-11(15)5-6-12(13)16/h5-6,9H,3-4,7-8,10,17H2,1-2H3. The normalized spacial score (nSPS) is 11.8. The van der Waals surface area contributed by atoms with E-state index in [0.717, 1.165) is 27.2 Å². The lowest BCUT2D eigenvalue weighted by Gasteiger charge is -2.21. The first-order valence-electron chi connectivity index (χ1n) is 6.22. The maximum absolute atomic E-state index is 6.11. The predicted molar refractivity (Wildman–Crippen MR) is 83.9 cm³/mol. The number of unbranched alkanes of at least 4 members (excludes halogenated alkanes) is 1. The number of nitrogens with two attached hydrogens (primary N) is 1. The summed E-state index contributed by atoms with van der Waals surface area (Å²) in [4.78, 5) is 1.07. The molecule has 0 radical (unpaired) electrons. The van der Waals surface area contributed by atoms with Gasteiger partial charge >= 0.3 is 0 Å². The Labute approximate surface area is 124 Å². The van der Waals surface area contributed by atoms with E-state index in [0.29, 0.717) is 0 Å². The number of hydrogen-bond acceptors (Lipinski definition) is 2. The van der Waals surface area contributed by atoms with Gasteiger partial charge in [-0.15, -0.1) is 11.8 Å². The quantitative estimate of drug-likeness (QED) is 0.550. The van der Waals surface area contributed by atoms with E-state index in [2.05, 4.69) is 13.8 Å². The number of halogens is 2. The highest BCUT2D eigenvalue weighted by Crippen LogP contribution is 2.31. The van der Waals surface area contributed by atoms with Crippen LogP contribution in [0.15, 0.2) is 23.1 Å². The number of benzene rings is 1. The van der Waals surface area contributed by atoms with Crippen LogP contribution >= 0.6 is 35.0 Å². The third-order valence-electron chi connectivity index (χ3n) is 2.95. The lowest BCUT2D eigenvalue weighted by molar-refractivity contribution is 0.336. The summed E-state index contributed by atoms with van der Waals surface area (Å²) in [5.41, 5.74) is 5.97. The molecule has 0 aromatic heterocycles. The zero-order chi connectivity index (χ0) is 13.6. The Morgan fingerprint density at radius 2 is 1.94 bits per heavy atom. The van der Waals surface area contributed by atoms with Gasteiger partial charge in [0.2, 0.25) is 0 Å². The maximum atomic E-state index is 6.11. The Kier molecular flexibility index (Phi) is 6.86. The van der Waals surface area contributed by atoms with Gasteiger partial charge in [-0.1, -0.05) is 43.5 Å². The summed E-state index contributed by atoms with van der Waals surface area (Å²) in [6.45, 7) is 5.18. The van der Waals surface area contributed by atoms with Gasteiger partial charge in [-0.2, -0.15) is 0 Å². The van der Waals surface area contributed by atoms with Gasteiger partial charge in [-0.3, -0.25) is 0 Å². The first-order chi connectivity index (χ1) is 8.44. The zero-order valence-corrected chi connectivity index (χ0v) is 13.3. The molecule has 0 heterocycles. The van der Waals surface area contributed by atoms with E-state index in [1.165, 1.54) is 19.3 Å². The van der Waals surface area contributed by atoms with Gasteiger partial charge in [0, 0.05) is 9.92 Å². The van der Waals surface area contributed by atoms with Gasteiger partial charge < -0.3 is 5.73 Å². The summed E-state index contributed by atoms with van der Waals surface area (Å²) < 4.78 is 0. The van der Waals surface area contributed by atoms with Crippen molar-refractivity contribution in [2.24, 2.45) is 11.1 Å². The Bertz CT molecular complexity index is 380. The molecular formula is C14H21Cl2NS. The third-order valence-corrected chi connectivity index (χ3v) is 4.77. The number of rotatable bonds is 7. The molecule has 0 saturated carbocycles. The molecule has 0 atom stereocenters. The molecular weight excluding hydrogens is 285 g/mol. The topological polar surface area (TPSA) is 26.0 Å². The smallest absolute Gasteiger partial charge is 0.0542 e. The molecule has 4 heteroatoms. The summed E-state index contributed by atoms with van der Waals surface area (Å²) in [7, 11) is 0. The molecule has 0 aliphatic heterocycles. The van der Waals surface area contributed by atoms with Gasteiger partial charge in [0.15, 0.2) is 0 Å². The van der Waals surface area contributed by atoms with Crippen LogP contribution < -0.4 is 5.73 Å². The molecule has 102 valence electrons. The van der Waals surface area contributed by atoms with Gasteiger partial charge in [0.25, 0.3) is 0 Å². The lowest BCUT2D eigenvalue weighted by Crippen LogP contribution is -2.23. The lowest BCUT2D eigenvalue weighted by atomic mass is 9.88. The molecule has 0 amide bonds. The largest absolute Gasteiger partial charge is 0.330 e. The molecule has 0 aliphatic carbocycles. The minimum Gasteiger partial charge on any atom is -0.330 e. The fraction of sp³-hybridized carbons (Fsp3) is 0.571.